The second-order valence-electron chi connectivity index (χ2n) is 4.43. The molecule has 118 valence electrons. The van der Waals surface area contributed by atoms with Crippen LogP contribution in [0.4, 0.5) is 5.69 Å². The van der Waals surface area contributed by atoms with Crippen molar-refractivity contribution in [1.82, 2.24) is 4.98 Å². The molecule has 0 fully saturated rings. The van der Waals surface area contributed by atoms with E-state index in [4.69, 9.17) is 15.3 Å². The number of ether oxygens (including phenoxy) is 1. The van der Waals surface area contributed by atoms with Crippen LogP contribution >= 0.6 is 11.8 Å². The van der Waals surface area contributed by atoms with Gasteiger partial charge in [0.2, 0.25) is 0 Å². The Morgan fingerprint density at radius 2 is 2.08 bits per heavy atom. The number of pyridine rings is 1. The minimum Gasteiger partial charge on any atom is -0.465 e. The monoisotopic (exact) mass is 336 g/mol. The molecule has 1 aromatic carbocycles. The van der Waals surface area contributed by atoms with Crippen molar-refractivity contribution in [3.63, 3.8) is 0 Å². The van der Waals surface area contributed by atoms with Crippen LogP contribution in [0.1, 0.15) is 10.4 Å². The molecule has 0 unspecified atom stereocenters. The zero-order valence-corrected chi connectivity index (χ0v) is 13.5. The molecular weight excluding hydrogens is 324 g/mol. The van der Waals surface area contributed by atoms with Gasteiger partial charge in [-0.3, -0.25) is 0 Å². The summed E-state index contributed by atoms with van der Waals surface area (Å²) in [6.45, 7) is 0. The Labute approximate surface area is 143 Å². The van der Waals surface area contributed by atoms with E-state index in [1.165, 1.54) is 25.1 Å². The van der Waals surface area contributed by atoms with Crippen molar-refractivity contribution in [2.24, 2.45) is 0 Å². The average molecular weight is 336 g/mol. The number of nitrogens with one attached hydrogen (secondary N) is 1. The molecule has 1 aromatic heterocycles. The highest BCUT2D eigenvalue weighted by Gasteiger charge is 2.07. The van der Waals surface area contributed by atoms with Crippen LogP contribution < -0.4 is 5.32 Å². The second-order valence-corrected chi connectivity index (χ2v) is 5.52. The highest BCUT2D eigenvalue weighted by Crippen LogP contribution is 2.28. The normalized spacial score (nSPS) is 9.29. The smallest absolute Gasteiger partial charge is 0.337 e. The fraction of sp³-hybridized carbons (Fsp3) is 0.0588. The van der Waals surface area contributed by atoms with Crippen LogP contribution in [0.5, 0.6) is 0 Å². The van der Waals surface area contributed by atoms with Gasteiger partial charge in [0.15, 0.2) is 0 Å². The molecule has 0 bridgehead atoms. The van der Waals surface area contributed by atoms with Crippen molar-refractivity contribution in [2.75, 3.05) is 12.4 Å². The van der Waals surface area contributed by atoms with Gasteiger partial charge < -0.3 is 10.1 Å². The summed E-state index contributed by atoms with van der Waals surface area (Å²) in [6.07, 6.45) is 2.89. The van der Waals surface area contributed by atoms with Gasteiger partial charge >= 0.3 is 5.97 Å². The Balaban J connectivity index is 2.16. The zero-order chi connectivity index (χ0) is 17.4. The maximum Gasteiger partial charge on any atom is 0.337 e. The minimum absolute atomic E-state index is 0.0134. The SMILES string of the molecule is COC(=O)c1ccnc(Sc2cccc(NC=C(C#N)C#N)c2)c1. The summed E-state index contributed by atoms with van der Waals surface area (Å²) in [7, 11) is 1.33. The predicted octanol–water partition coefficient (Wildman–Crippen LogP) is 3.36. The van der Waals surface area contributed by atoms with E-state index in [9.17, 15) is 4.79 Å². The van der Waals surface area contributed by atoms with E-state index in [1.54, 1.807) is 30.5 Å². The molecule has 24 heavy (non-hydrogen) atoms. The number of nitriles is 2. The summed E-state index contributed by atoms with van der Waals surface area (Å²) in [5, 5.41) is 21.0. The topological polar surface area (TPSA) is 98.8 Å². The third-order valence-corrected chi connectivity index (χ3v) is 3.76. The third kappa shape index (κ3) is 4.60. The standard InChI is InChI=1S/C17H12N4O2S/c1-23-17(22)13-5-6-20-16(7-13)24-15-4-2-3-14(8-15)21-11-12(9-18)10-19/h2-8,11,21H,1H3. The number of carbonyl (C=O) groups excluding carboxylic acids is 1. The van der Waals surface area contributed by atoms with Crippen LogP contribution in [0, 0.1) is 22.7 Å². The van der Waals surface area contributed by atoms with Gasteiger partial charge in [0.1, 0.15) is 22.7 Å². The van der Waals surface area contributed by atoms with Crippen molar-refractivity contribution in [3.8, 4) is 12.1 Å². The number of benzene rings is 1. The first kappa shape index (κ1) is 17.1. The summed E-state index contributed by atoms with van der Waals surface area (Å²) in [5.74, 6) is -0.416. The maximum absolute atomic E-state index is 11.5. The number of carbonyl (C=O) groups is 1. The van der Waals surface area contributed by atoms with E-state index in [1.807, 2.05) is 24.3 Å². The maximum atomic E-state index is 11.5. The molecule has 0 spiro atoms. The lowest BCUT2D eigenvalue weighted by molar-refractivity contribution is 0.0600. The first-order valence-electron chi connectivity index (χ1n) is 6.75. The van der Waals surface area contributed by atoms with Gasteiger partial charge in [0, 0.05) is 23.0 Å². The molecule has 7 heteroatoms. The molecule has 0 aliphatic rings. The quantitative estimate of drug-likeness (QED) is 0.660. The summed E-state index contributed by atoms with van der Waals surface area (Å²) < 4.78 is 4.69. The summed E-state index contributed by atoms with van der Waals surface area (Å²) in [6, 6.07) is 14.2. The molecule has 6 nitrogen and oxygen atoms in total. The van der Waals surface area contributed by atoms with Crippen LogP contribution in [0.25, 0.3) is 0 Å². The molecule has 2 aromatic rings. The number of methoxy groups -OCH3 is 1. The van der Waals surface area contributed by atoms with Crippen LogP contribution in [0.15, 0.2) is 64.3 Å². The van der Waals surface area contributed by atoms with E-state index in [0.717, 1.165) is 10.6 Å². The molecule has 0 saturated heterocycles. The van der Waals surface area contributed by atoms with E-state index >= 15 is 0 Å². The number of aromatic nitrogens is 1. The fourth-order valence-electron chi connectivity index (χ4n) is 1.73. The van der Waals surface area contributed by atoms with Crippen molar-refractivity contribution in [2.45, 2.75) is 9.92 Å². The number of nitrogens with zero attached hydrogens (tertiary/aromatic N) is 3. The number of rotatable bonds is 5. The first-order valence-corrected chi connectivity index (χ1v) is 7.57. The summed E-state index contributed by atoms with van der Waals surface area (Å²) in [5.41, 5.74) is 1.15. The van der Waals surface area contributed by atoms with E-state index < -0.39 is 5.97 Å². The molecule has 0 aliphatic carbocycles. The Kier molecular flexibility index (Phi) is 5.95. The van der Waals surface area contributed by atoms with Crippen molar-refractivity contribution >= 4 is 23.4 Å². The average Bonchev–Trinajstić information content (AvgIpc) is 2.62. The van der Waals surface area contributed by atoms with E-state index in [0.29, 0.717) is 10.6 Å². The largest absolute Gasteiger partial charge is 0.465 e. The highest BCUT2D eigenvalue weighted by molar-refractivity contribution is 7.99. The minimum atomic E-state index is -0.416. The number of hydrogen-bond donors (Lipinski definition) is 1. The van der Waals surface area contributed by atoms with Crippen LogP contribution in [-0.2, 0) is 4.74 Å². The molecule has 0 atom stereocenters. The molecule has 0 radical (unpaired) electrons. The van der Waals surface area contributed by atoms with Gasteiger partial charge in [-0.1, -0.05) is 17.8 Å². The Morgan fingerprint density at radius 3 is 2.79 bits per heavy atom. The van der Waals surface area contributed by atoms with Gasteiger partial charge in [-0.05, 0) is 30.3 Å². The van der Waals surface area contributed by atoms with Crippen LogP contribution in [-0.4, -0.2) is 18.1 Å². The third-order valence-electron chi connectivity index (χ3n) is 2.84. The van der Waals surface area contributed by atoms with Gasteiger partial charge in [0.25, 0.3) is 0 Å². The predicted molar refractivity (Wildman–Crippen MR) is 89.1 cm³/mol. The van der Waals surface area contributed by atoms with Gasteiger partial charge in [-0.2, -0.15) is 10.5 Å². The first-order chi connectivity index (χ1) is 11.7. The zero-order valence-electron chi connectivity index (χ0n) is 12.7. The summed E-state index contributed by atoms with van der Waals surface area (Å²) >= 11 is 1.38. The number of hydrogen-bond acceptors (Lipinski definition) is 7. The number of allylic oxidation sites excluding steroid dienone is 1. The van der Waals surface area contributed by atoms with Crippen molar-refractivity contribution in [1.29, 1.82) is 10.5 Å². The van der Waals surface area contributed by atoms with Gasteiger partial charge in [-0.15, -0.1) is 0 Å². The molecule has 0 saturated carbocycles. The molecule has 1 N–H and O–H groups in total. The molecule has 0 aliphatic heterocycles. The molecule has 0 amide bonds. The van der Waals surface area contributed by atoms with Crippen LogP contribution in [0.2, 0.25) is 0 Å². The lowest BCUT2D eigenvalue weighted by Crippen LogP contribution is -2.01. The van der Waals surface area contributed by atoms with E-state index in [-0.39, 0.29) is 5.57 Å². The van der Waals surface area contributed by atoms with Crippen molar-refractivity contribution in [3.05, 3.63) is 59.9 Å². The molecular formula is C17H12N4O2S. The Morgan fingerprint density at radius 1 is 1.29 bits per heavy atom. The Bertz CT molecular complexity index is 849. The lowest BCUT2D eigenvalue weighted by Gasteiger charge is -2.06. The van der Waals surface area contributed by atoms with Gasteiger partial charge in [-0.25, -0.2) is 9.78 Å². The fourth-order valence-corrected chi connectivity index (χ4v) is 2.60. The highest BCUT2D eigenvalue weighted by atomic mass is 32.2. The van der Waals surface area contributed by atoms with Crippen molar-refractivity contribution < 1.29 is 9.53 Å². The summed E-state index contributed by atoms with van der Waals surface area (Å²) in [4.78, 5) is 16.7. The van der Waals surface area contributed by atoms with E-state index in [2.05, 4.69) is 10.3 Å². The Hall–Kier alpha value is -3.29. The lowest BCUT2D eigenvalue weighted by atomic mass is 10.3. The number of esters is 1. The molecule has 2 rings (SSSR count). The van der Waals surface area contributed by atoms with Gasteiger partial charge in [0.05, 0.1) is 12.7 Å². The number of anilines is 1. The second kappa shape index (κ2) is 8.37. The van der Waals surface area contributed by atoms with Crippen LogP contribution in [0.3, 0.4) is 0 Å². The molecule has 1 heterocycles.